The highest BCUT2D eigenvalue weighted by Crippen LogP contribution is 2.15. The maximum absolute atomic E-state index is 12.1. The summed E-state index contributed by atoms with van der Waals surface area (Å²) in [7, 11) is -3.90. The van der Waals surface area contributed by atoms with Gasteiger partial charge in [0.1, 0.15) is 5.82 Å². The summed E-state index contributed by atoms with van der Waals surface area (Å²) >= 11 is 0. The number of sulfonamides is 1. The lowest BCUT2D eigenvalue weighted by molar-refractivity contribution is -0.384. The third kappa shape index (κ3) is 4.18. The van der Waals surface area contributed by atoms with Crippen LogP contribution in [-0.2, 0) is 23.1 Å². The number of hydrogen-bond acceptors (Lipinski definition) is 7. The van der Waals surface area contributed by atoms with E-state index in [1.165, 1.54) is 6.07 Å². The second kappa shape index (κ2) is 6.64. The molecular weight excluding hydrogens is 326 g/mol. The largest absolute Gasteiger partial charge is 0.325 e. The first-order chi connectivity index (χ1) is 10.8. The van der Waals surface area contributed by atoms with Gasteiger partial charge in [-0.25, -0.2) is 18.1 Å². The number of aromatic amines is 1. The number of rotatable bonds is 6. The zero-order chi connectivity index (χ0) is 17.0. The summed E-state index contributed by atoms with van der Waals surface area (Å²) in [6, 6.07) is 5.63. The molecule has 0 aliphatic rings. The second-order valence-corrected chi connectivity index (χ2v) is 6.23. The minimum Gasteiger partial charge on any atom is -0.325 e. The lowest BCUT2D eigenvalue weighted by atomic mass is 10.3. The molecule has 0 saturated carbocycles. The molecule has 4 N–H and O–H groups in total. The SMILES string of the molecule is NCc1cc(=O)[nH]c(CNS(=O)(=O)c2ccc([N+](=O)[O-])cc2)n1. The van der Waals surface area contributed by atoms with Crippen LogP contribution in [0.2, 0.25) is 0 Å². The third-order valence-electron chi connectivity index (χ3n) is 2.84. The minimum atomic E-state index is -3.90. The molecule has 2 rings (SSSR count). The first-order valence-electron chi connectivity index (χ1n) is 6.35. The van der Waals surface area contributed by atoms with Gasteiger partial charge >= 0.3 is 0 Å². The molecule has 0 unspecified atom stereocenters. The van der Waals surface area contributed by atoms with Gasteiger partial charge in [0.25, 0.3) is 11.2 Å². The van der Waals surface area contributed by atoms with Crippen molar-refractivity contribution in [1.29, 1.82) is 0 Å². The first kappa shape index (κ1) is 16.7. The van der Waals surface area contributed by atoms with E-state index in [2.05, 4.69) is 14.7 Å². The molecule has 0 saturated heterocycles. The maximum atomic E-state index is 12.1. The van der Waals surface area contributed by atoms with Gasteiger partial charge in [0.05, 0.1) is 22.1 Å². The highest BCUT2D eigenvalue weighted by atomic mass is 32.2. The van der Waals surface area contributed by atoms with Crippen LogP contribution >= 0.6 is 0 Å². The lowest BCUT2D eigenvalue weighted by Crippen LogP contribution is -2.26. The lowest BCUT2D eigenvalue weighted by Gasteiger charge is -2.07. The Kier molecular flexibility index (Phi) is 4.83. The number of hydrogen-bond donors (Lipinski definition) is 3. The summed E-state index contributed by atoms with van der Waals surface area (Å²) in [5, 5.41) is 10.6. The minimum absolute atomic E-state index is 0.0476. The Morgan fingerprint density at radius 1 is 1.30 bits per heavy atom. The van der Waals surface area contributed by atoms with Crippen LogP contribution in [0.3, 0.4) is 0 Å². The molecule has 1 aromatic heterocycles. The van der Waals surface area contributed by atoms with E-state index in [1.807, 2.05) is 0 Å². The van der Waals surface area contributed by atoms with Crippen molar-refractivity contribution in [2.45, 2.75) is 18.0 Å². The Balaban J connectivity index is 2.17. The molecule has 0 bridgehead atoms. The number of nitrogens with one attached hydrogen (secondary N) is 2. The molecule has 0 fully saturated rings. The van der Waals surface area contributed by atoms with Gasteiger partial charge in [-0.15, -0.1) is 0 Å². The number of nitro benzene ring substituents is 1. The van der Waals surface area contributed by atoms with Gasteiger partial charge in [0, 0.05) is 24.7 Å². The number of nitro groups is 1. The van der Waals surface area contributed by atoms with Gasteiger partial charge in [-0.05, 0) is 12.1 Å². The summed E-state index contributed by atoms with van der Waals surface area (Å²) < 4.78 is 26.4. The normalized spacial score (nSPS) is 11.3. The molecule has 0 aliphatic carbocycles. The number of nitrogens with two attached hydrogens (primary N) is 1. The van der Waals surface area contributed by atoms with Gasteiger partial charge in [0.15, 0.2) is 0 Å². The van der Waals surface area contributed by atoms with Crippen molar-refractivity contribution < 1.29 is 13.3 Å². The van der Waals surface area contributed by atoms with Crippen molar-refractivity contribution in [3.63, 3.8) is 0 Å². The van der Waals surface area contributed by atoms with E-state index in [9.17, 15) is 23.3 Å². The number of aromatic nitrogens is 2. The van der Waals surface area contributed by atoms with E-state index >= 15 is 0 Å². The number of non-ortho nitro benzene ring substituents is 1. The summed E-state index contributed by atoms with van der Waals surface area (Å²) in [4.78, 5) is 27.5. The molecule has 0 aliphatic heterocycles. The van der Waals surface area contributed by atoms with Crippen LogP contribution in [0.1, 0.15) is 11.5 Å². The third-order valence-corrected chi connectivity index (χ3v) is 4.26. The molecular formula is C12H13N5O5S. The predicted octanol–water partition coefficient (Wildman–Crippen LogP) is -0.385. The molecule has 23 heavy (non-hydrogen) atoms. The molecule has 0 spiro atoms. The molecule has 0 atom stereocenters. The molecule has 10 nitrogen and oxygen atoms in total. The summed E-state index contributed by atoms with van der Waals surface area (Å²) in [5.41, 5.74) is 5.07. The molecule has 122 valence electrons. The monoisotopic (exact) mass is 339 g/mol. The summed E-state index contributed by atoms with van der Waals surface area (Å²) in [6.07, 6.45) is 0. The number of nitrogens with zero attached hydrogens (tertiary/aromatic N) is 2. The van der Waals surface area contributed by atoms with Crippen LogP contribution in [0.25, 0.3) is 0 Å². The van der Waals surface area contributed by atoms with Crippen molar-refractivity contribution in [2.75, 3.05) is 0 Å². The van der Waals surface area contributed by atoms with Crippen molar-refractivity contribution in [3.8, 4) is 0 Å². The smallest absolute Gasteiger partial charge is 0.269 e. The molecule has 2 aromatic rings. The van der Waals surface area contributed by atoms with Gasteiger partial charge < -0.3 is 10.7 Å². The fourth-order valence-corrected chi connectivity index (χ4v) is 2.73. The van der Waals surface area contributed by atoms with Crippen molar-refractivity contribution in [2.24, 2.45) is 5.73 Å². The van der Waals surface area contributed by atoms with E-state index in [0.29, 0.717) is 5.69 Å². The topological polar surface area (TPSA) is 161 Å². The number of benzene rings is 1. The van der Waals surface area contributed by atoms with E-state index in [1.54, 1.807) is 0 Å². The highest BCUT2D eigenvalue weighted by molar-refractivity contribution is 7.89. The first-order valence-corrected chi connectivity index (χ1v) is 7.83. The van der Waals surface area contributed by atoms with E-state index < -0.39 is 20.5 Å². The Morgan fingerprint density at radius 3 is 2.52 bits per heavy atom. The number of H-pyrrole nitrogens is 1. The van der Waals surface area contributed by atoms with E-state index in [0.717, 1.165) is 24.3 Å². The van der Waals surface area contributed by atoms with E-state index in [4.69, 9.17) is 5.73 Å². The van der Waals surface area contributed by atoms with Gasteiger partial charge in [-0.1, -0.05) is 0 Å². The van der Waals surface area contributed by atoms with Crippen molar-refractivity contribution >= 4 is 15.7 Å². The average molecular weight is 339 g/mol. The Morgan fingerprint density at radius 2 is 1.96 bits per heavy atom. The molecule has 11 heteroatoms. The van der Waals surface area contributed by atoms with Crippen molar-refractivity contribution in [1.82, 2.24) is 14.7 Å². The Hall–Kier alpha value is -2.63. The fraction of sp³-hybridized carbons (Fsp3) is 0.167. The van der Waals surface area contributed by atoms with Crippen LogP contribution in [0.5, 0.6) is 0 Å². The van der Waals surface area contributed by atoms with Crippen LogP contribution in [-0.4, -0.2) is 23.3 Å². The van der Waals surface area contributed by atoms with Gasteiger partial charge in [-0.3, -0.25) is 14.9 Å². The predicted molar refractivity (Wildman–Crippen MR) is 79.9 cm³/mol. The maximum Gasteiger partial charge on any atom is 0.269 e. The molecule has 0 radical (unpaired) electrons. The Bertz CT molecular complexity index is 875. The van der Waals surface area contributed by atoms with Crippen LogP contribution in [0.4, 0.5) is 5.69 Å². The zero-order valence-corrected chi connectivity index (χ0v) is 12.5. The quantitative estimate of drug-likeness (QED) is 0.477. The Labute approximate surface area is 130 Å². The molecule has 1 heterocycles. The van der Waals surface area contributed by atoms with Crippen LogP contribution in [0, 0.1) is 10.1 Å². The van der Waals surface area contributed by atoms with E-state index in [-0.39, 0.29) is 29.5 Å². The fourth-order valence-electron chi connectivity index (χ4n) is 1.75. The zero-order valence-electron chi connectivity index (χ0n) is 11.7. The molecule has 1 aromatic carbocycles. The van der Waals surface area contributed by atoms with Crippen LogP contribution in [0.15, 0.2) is 40.0 Å². The van der Waals surface area contributed by atoms with Gasteiger partial charge in [-0.2, -0.15) is 0 Å². The summed E-state index contributed by atoms with van der Waals surface area (Å²) in [5.74, 6) is 0.114. The summed E-state index contributed by atoms with van der Waals surface area (Å²) in [6.45, 7) is -0.200. The average Bonchev–Trinajstić information content (AvgIpc) is 2.52. The highest BCUT2D eigenvalue weighted by Gasteiger charge is 2.16. The molecule has 0 amide bonds. The van der Waals surface area contributed by atoms with Crippen molar-refractivity contribution in [3.05, 3.63) is 62.3 Å². The van der Waals surface area contributed by atoms with Crippen LogP contribution < -0.4 is 16.0 Å². The standard InChI is InChI=1S/C12H13N5O5S/c13-6-8-5-12(18)16-11(15-8)7-14-23(21,22)10-3-1-9(2-4-10)17(19)20/h1-5,14H,6-7,13H2,(H,15,16,18). The second-order valence-electron chi connectivity index (χ2n) is 4.46. The van der Waals surface area contributed by atoms with Gasteiger partial charge in [0.2, 0.25) is 10.0 Å².